The smallest absolute Gasteiger partial charge is 0.278 e. The van der Waals surface area contributed by atoms with Crippen molar-refractivity contribution in [1.82, 2.24) is 15.3 Å². The Morgan fingerprint density at radius 1 is 1.56 bits per heavy atom. The molecule has 6 nitrogen and oxygen atoms in total. The lowest BCUT2D eigenvalue weighted by Gasteiger charge is -2.07. The number of hydrogen-bond donors (Lipinski definition) is 2. The van der Waals surface area contributed by atoms with Crippen LogP contribution in [-0.4, -0.2) is 36.8 Å². The molecule has 0 unspecified atom stereocenters. The summed E-state index contributed by atoms with van der Waals surface area (Å²) in [5.41, 5.74) is 2.71. The van der Waals surface area contributed by atoms with Gasteiger partial charge in [0.05, 0.1) is 12.4 Å². The van der Waals surface area contributed by atoms with Crippen molar-refractivity contribution in [3.8, 4) is 0 Å². The van der Waals surface area contributed by atoms with Crippen LogP contribution in [0.5, 0.6) is 0 Å². The molecule has 0 aliphatic carbocycles. The fraction of sp³-hybridized carbons (Fsp3) is 0.700. The van der Waals surface area contributed by atoms with Crippen molar-refractivity contribution in [2.24, 2.45) is 5.10 Å². The van der Waals surface area contributed by atoms with Gasteiger partial charge in [-0.3, -0.25) is 5.01 Å². The van der Waals surface area contributed by atoms with Crippen molar-refractivity contribution in [3.05, 3.63) is 12.7 Å². The molecule has 1 aliphatic heterocycles. The highest BCUT2D eigenvalue weighted by atomic mass is 32.3. The van der Waals surface area contributed by atoms with Gasteiger partial charge in [-0.1, -0.05) is 37.6 Å². The normalized spacial score (nSPS) is 15.8. The average molecular weight is 292 g/mol. The maximum absolute atomic E-state index is 11.8. The van der Waals surface area contributed by atoms with Crippen molar-refractivity contribution < 1.29 is 8.42 Å². The van der Waals surface area contributed by atoms with Crippen molar-refractivity contribution in [2.75, 3.05) is 19.0 Å². The van der Waals surface area contributed by atoms with Crippen LogP contribution in [0.3, 0.4) is 0 Å². The first kappa shape index (κ1) is 15.5. The summed E-state index contributed by atoms with van der Waals surface area (Å²) in [5.74, 6) is 0.540. The van der Waals surface area contributed by atoms with Crippen LogP contribution in [-0.2, 0) is 10.0 Å². The number of hydrogen-bond acceptors (Lipinski definition) is 6. The molecule has 1 rings (SSSR count). The number of thioether (sulfide) groups is 1. The minimum atomic E-state index is -3.52. The summed E-state index contributed by atoms with van der Waals surface area (Å²) < 4.78 is 23.8. The molecule has 0 bridgehead atoms. The van der Waals surface area contributed by atoms with Gasteiger partial charge in [0.1, 0.15) is 0 Å². The summed E-state index contributed by atoms with van der Waals surface area (Å²) in [6.45, 7) is 6.87. The van der Waals surface area contributed by atoms with E-state index in [1.165, 1.54) is 11.8 Å². The van der Waals surface area contributed by atoms with Crippen molar-refractivity contribution >= 4 is 26.2 Å². The molecule has 0 aromatic rings. The summed E-state index contributed by atoms with van der Waals surface area (Å²) in [6, 6.07) is 0. The van der Waals surface area contributed by atoms with E-state index in [0.717, 1.165) is 19.3 Å². The van der Waals surface area contributed by atoms with Gasteiger partial charge in [0.2, 0.25) is 4.38 Å². The maximum Gasteiger partial charge on any atom is 0.278 e. The Kier molecular flexibility index (Phi) is 6.69. The molecule has 0 atom stereocenters. The van der Waals surface area contributed by atoms with Crippen LogP contribution in [0, 0.1) is 0 Å². The Balaban J connectivity index is 2.39. The minimum absolute atomic E-state index is 0.104. The van der Waals surface area contributed by atoms with E-state index in [2.05, 4.69) is 28.9 Å². The highest BCUT2D eigenvalue weighted by Gasteiger charge is 2.26. The second-order valence-corrected chi connectivity index (χ2v) is 6.65. The molecule has 0 saturated heterocycles. The van der Waals surface area contributed by atoms with Gasteiger partial charge in [0.15, 0.2) is 0 Å². The van der Waals surface area contributed by atoms with Gasteiger partial charge in [0, 0.05) is 6.54 Å². The van der Waals surface area contributed by atoms with E-state index in [9.17, 15) is 8.42 Å². The fourth-order valence-electron chi connectivity index (χ4n) is 1.33. The minimum Gasteiger partial charge on any atom is -0.281 e. The van der Waals surface area contributed by atoms with E-state index in [0.29, 0.717) is 19.0 Å². The zero-order valence-electron chi connectivity index (χ0n) is 10.6. The van der Waals surface area contributed by atoms with Gasteiger partial charge in [0.25, 0.3) is 10.0 Å². The second-order valence-electron chi connectivity index (χ2n) is 3.86. The molecule has 2 N–H and O–H groups in total. The molecule has 0 fully saturated rings. The molecule has 0 spiro atoms. The number of sulfonamides is 1. The summed E-state index contributed by atoms with van der Waals surface area (Å²) in [4.78, 5) is 2.34. The van der Waals surface area contributed by atoms with Gasteiger partial charge < -0.3 is 0 Å². The summed E-state index contributed by atoms with van der Waals surface area (Å²) in [5, 5.41) is 5.67. The largest absolute Gasteiger partial charge is 0.281 e. The molecule has 8 heteroatoms. The maximum atomic E-state index is 11.8. The van der Waals surface area contributed by atoms with Gasteiger partial charge >= 0.3 is 0 Å². The van der Waals surface area contributed by atoms with E-state index in [4.69, 9.17) is 0 Å². The quantitative estimate of drug-likeness (QED) is 0.397. The van der Waals surface area contributed by atoms with Crippen molar-refractivity contribution in [1.29, 1.82) is 0 Å². The van der Waals surface area contributed by atoms with Crippen LogP contribution < -0.4 is 10.3 Å². The fourth-order valence-corrected chi connectivity index (χ4v) is 3.43. The van der Waals surface area contributed by atoms with Crippen LogP contribution >= 0.6 is 11.8 Å². The second kappa shape index (κ2) is 7.78. The lowest BCUT2D eigenvalue weighted by Crippen LogP contribution is -2.40. The first-order valence-corrected chi connectivity index (χ1v) is 8.39. The summed E-state index contributed by atoms with van der Waals surface area (Å²) in [6.07, 6.45) is 4.82. The van der Waals surface area contributed by atoms with Gasteiger partial charge in [-0.2, -0.15) is 5.10 Å². The van der Waals surface area contributed by atoms with E-state index < -0.39 is 10.0 Å². The predicted octanol–water partition coefficient (Wildman–Crippen LogP) is 1.06. The standard InChI is InChI=1S/C10H20N4O2S2/c1-3-5-6-7-11-13-18(15,16)10-12-14(8-4-2)9-17-10/h4,11,13H,2-3,5-9H2,1H3. The number of rotatable bonds is 8. The Bertz CT molecular complexity index is 395. The molecule has 1 aliphatic rings. The van der Waals surface area contributed by atoms with Gasteiger partial charge in [-0.15, -0.1) is 11.4 Å². The first-order valence-electron chi connectivity index (χ1n) is 5.92. The molecule has 0 radical (unpaired) electrons. The van der Waals surface area contributed by atoms with E-state index in [1.54, 1.807) is 11.1 Å². The highest BCUT2D eigenvalue weighted by Crippen LogP contribution is 2.19. The van der Waals surface area contributed by atoms with Gasteiger partial charge in [-0.25, -0.2) is 13.8 Å². The Labute approximate surface area is 113 Å². The zero-order valence-corrected chi connectivity index (χ0v) is 12.2. The summed E-state index contributed by atoms with van der Waals surface area (Å²) in [7, 11) is -3.52. The average Bonchev–Trinajstić information content (AvgIpc) is 2.79. The monoisotopic (exact) mass is 292 g/mol. The number of unbranched alkanes of at least 4 members (excludes halogenated alkanes) is 2. The molecule has 0 aromatic carbocycles. The Morgan fingerprint density at radius 2 is 2.33 bits per heavy atom. The molecular weight excluding hydrogens is 272 g/mol. The number of nitrogens with zero attached hydrogens (tertiary/aromatic N) is 2. The molecular formula is C10H20N4O2S2. The molecule has 104 valence electrons. The third-order valence-corrected chi connectivity index (χ3v) is 4.96. The number of nitrogens with one attached hydrogen (secondary N) is 2. The summed E-state index contributed by atoms with van der Waals surface area (Å²) >= 11 is 1.20. The van der Waals surface area contributed by atoms with Crippen LogP contribution in [0.2, 0.25) is 0 Å². The highest BCUT2D eigenvalue weighted by molar-refractivity contribution is 8.34. The Hall–Kier alpha value is -0.570. The predicted molar refractivity (Wildman–Crippen MR) is 76.4 cm³/mol. The molecule has 18 heavy (non-hydrogen) atoms. The molecule has 0 saturated carbocycles. The topological polar surface area (TPSA) is 73.8 Å². The number of hydrazine groups is 1. The van der Waals surface area contributed by atoms with E-state index in [-0.39, 0.29) is 4.38 Å². The third-order valence-electron chi connectivity index (χ3n) is 2.24. The van der Waals surface area contributed by atoms with E-state index >= 15 is 0 Å². The van der Waals surface area contributed by atoms with Crippen LogP contribution in [0.25, 0.3) is 0 Å². The molecule has 0 amide bonds. The lowest BCUT2D eigenvalue weighted by molar-refractivity contribution is 0.388. The Morgan fingerprint density at radius 3 is 3.00 bits per heavy atom. The SMILES string of the molecule is C=CCN1CSC(S(=O)(=O)NNCCCCC)=N1. The molecule has 0 aromatic heterocycles. The van der Waals surface area contributed by atoms with Gasteiger partial charge in [-0.05, 0) is 6.42 Å². The first-order chi connectivity index (χ1) is 8.60. The number of hydrazone groups is 1. The van der Waals surface area contributed by atoms with Crippen LogP contribution in [0.4, 0.5) is 0 Å². The van der Waals surface area contributed by atoms with E-state index in [1.807, 2.05) is 0 Å². The van der Waals surface area contributed by atoms with Crippen LogP contribution in [0.15, 0.2) is 17.8 Å². The lowest BCUT2D eigenvalue weighted by atomic mass is 10.3. The molecule has 1 heterocycles. The van der Waals surface area contributed by atoms with Crippen molar-refractivity contribution in [2.45, 2.75) is 26.2 Å². The zero-order chi connectivity index (χ0) is 13.4. The third kappa shape index (κ3) is 4.97. The van der Waals surface area contributed by atoms with Crippen LogP contribution in [0.1, 0.15) is 26.2 Å². The van der Waals surface area contributed by atoms with Crippen molar-refractivity contribution in [3.63, 3.8) is 0 Å².